The van der Waals surface area contributed by atoms with Crippen LogP contribution in [0, 0.1) is 0 Å². The fraction of sp³-hybridized carbons (Fsp3) is 0.143. The van der Waals surface area contributed by atoms with E-state index in [0.29, 0.717) is 23.9 Å². The molecular weight excluding hydrogens is 364 g/mol. The van der Waals surface area contributed by atoms with Crippen LogP contribution in [0.4, 0.5) is 0 Å². The van der Waals surface area contributed by atoms with Crippen molar-refractivity contribution in [3.63, 3.8) is 0 Å². The number of aromatic nitrogens is 1. The highest BCUT2D eigenvalue weighted by Crippen LogP contribution is 2.25. The summed E-state index contributed by atoms with van der Waals surface area (Å²) in [4.78, 5) is 17.0. The van der Waals surface area contributed by atoms with Gasteiger partial charge in [0.2, 0.25) is 5.71 Å². The van der Waals surface area contributed by atoms with Gasteiger partial charge in [-0.2, -0.15) is 0 Å². The lowest BCUT2D eigenvalue weighted by atomic mass is 10.2. The van der Waals surface area contributed by atoms with Crippen LogP contribution in [0.1, 0.15) is 23.0 Å². The van der Waals surface area contributed by atoms with Gasteiger partial charge < -0.3 is 14.5 Å². The van der Waals surface area contributed by atoms with Crippen molar-refractivity contribution in [3.8, 4) is 5.75 Å². The third kappa shape index (κ3) is 3.59. The maximum Gasteiger partial charge on any atom is 0.287 e. The van der Waals surface area contributed by atoms with Gasteiger partial charge in [-0.15, -0.1) is 0 Å². The van der Waals surface area contributed by atoms with E-state index in [0.717, 1.165) is 27.6 Å². The lowest BCUT2D eigenvalue weighted by Gasteiger charge is -2.10. The van der Waals surface area contributed by atoms with Gasteiger partial charge in [0.1, 0.15) is 5.75 Å². The van der Waals surface area contributed by atoms with Crippen LogP contribution in [0.2, 0.25) is 5.02 Å². The minimum atomic E-state index is -0.304. The zero-order valence-electron chi connectivity index (χ0n) is 14.7. The minimum absolute atomic E-state index is 0.216. The number of rotatable bonds is 5. The lowest BCUT2D eigenvalue weighted by molar-refractivity contribution is 0.0924. The number of ether oxygens (including phenoxy) is 1. The number of hydrogen-bond acceptors (Lipinski definition) is 4. The van der Waals surface area contributed by atoms with Crippen LogP contribution in [-0.2, 0) is 6.54 Å². The first-order chi connectivity index (χ1) is 13.1. The highest BCUT2D eigenvalue weighted by Gasteiger charge is 2.14. The second-order valence-corrected chi connectivity index (χ2v) is 6.49. The Balaban J connectivity index is 1.57. The van der Waals surface area contributed by atoms with Gasteiger partial charge in [0, 0.05) is 27.9 Å². The summed E-state index contributed by atoms with van der Waals surface area (Å²) in [6.07, 6.45) is 0. The summed E-state index contributed by atoms with van der Waals surface area (Å²) in [5, 5.41) is 5.17. The molecule has 0 aliphatic rings. The first kappa shape index (κ1) is 17.4. The molecule has 27 heavy (non-hydrogen) atoms. The van der Waals surface area contributed by atoms with E-state index in [2.05, 4.69) is 10.3 Å². The van der Waals surface area contributed by atoms with E-state index in [9.17, 15) is 4.79 Å². The highest BCUT2D eigenvalue weighted by atomic mass is 35.5. The van der Waals surface area contributed by atoms with Gasteiger partial charge in [0.05, 0.1) is 12.1 Å². The largest absolute Gasteiger partial charge is 0.494 e. The molecule has 0 aliphatic carbocycles. The summed E-state index contributed by atoms with van der Waals surface area (Å²) in [7, 11) is 0. The molecular formula is C21H17ClN2O3. The van der Waals surface area contributed by atoms with Crippen LogP contribution < -0.4 is 10.1 Å². The van der Waals surface area contributed by atoms with Crippen LogP contribution in [0.15, 0.2) is 59.0 Å². The number of fused-ring (bicyclic) bond motifs is 2. The Bertz CT molecular complexity index is 1140. The maximum absolute atomic E-state index is 12.5. The Morgan fingerprint density at radius 3 is 2.85 bits per heavy atom. The predicted molar refractivity (Wildman–Crippen MR) is 105 cm³/mol. The SMILES string of the molecule is CCOc1ccccc1CNC(=O)c1cc2cc3ccc(Cl)cc3nc2o1. The van der Waals surface area contributed by atoms with Crippen molar-refractivity contribution in [1.82, 2.24) is 10.3 Å². The second kappa shape index (κ2) is 7.29. The van der Waals surface area contributed by atoms with Gasteiger partial charge >= 0.3 is 0 Å². The van der Waals surface area contributed by atoms with Gasteiger partial charge in [-0.3, -0.25) is 4.79 Å². The molecule has 0 spiro atoms. The van der Waals surface area contributed by atoms with Crippen molar-refractivity contribution < 1.29 is 13.9 Å². The molecule has 0 fully saturated rings. The first-order valence-electron chi connectivity index (χ1n) is 8.63. The van der Waals surface area contributed by atoms with Crippen molar-refractivity contribution in [2.75, 3.05) is 6.61 Å². The highest BCUT2D eigenvalue weighted by molar-refractivity contribution is 6.31. The smallest absolute Gasteiger partial charge is 0.287 e. The van der Waals surface area contributed by atoms with Crippen LogP contribution in [0.5, 0.6) is 5.75 Å². The van der Waals surface area contributed by atoms with Gasteiger partial charge in [-0.25, -0.2) is 4.98 Å². The lowest BCUT2D eigenvalue weighted by Crippen LogP contribution is -2.22. The molecule has 1 N–H and O–H groups in total. The Morgan fingerprint density at radius 2 is 2.00 bits per heavy atom. The van der Waals surface area contributed by atoms with E-state index in [1.165, 1.54) is 0 Å². The fourth-order valence-electron chi connectivity index (χ4n) is 2.92. The van der Waals surface area contributed by atoms with E-state index in [1.54, 1.807) is 18.2 Å². The Labute approximate surface area is 160 Å². The second-order valence-electron chi connectivity index (χ2n) is 6.05. The maximum atomic E-state index is 12.5. The molecule has 2 aromatic carbocycles. The number of nitrogens with zero attached hydrogens (tertiary/aromatic N) is 1. The average Bonchev–Trinajstić information content (AvgIpc) is 3.08. The molecule has 0 unspecified atom stereocenters. The standard InChI is InChI=1S/C21H17ClN2O3/c1-2-26-18-6-4-3-5-14(18)12-23-20(25)19-10-15-9-13-7-8-16(22)11-17(13)24-21(15)27-19/h3-11H,2,12H2,1H3,(H,23,25). The zero-order valence-corrected chi connectivity index (χ0v) is 15.4. The number of hydrogen-bond donors (Lipinski definition) is 1. The van der Waals surface area contributed by atoms with E-state index in [1.807, 2.05) is 43.3 Å². The summed E-state index contributed by atoms with van der Waals surface area (Å²) in [6.45, 7) is 2.84. The number of para-hydroxylation sites is 1. The van der Waals surface area contributed by atoms with Crippen molar-refractivity contribution >= 4 is 39.5 Å². The number of pyridine rings is 1. The molecule has 2 aromatic heterocycles. The molecule has 136 valence electrons. The van der Waals surface area contributed by atoms with Crippen molar-refractivity contribution in [2.24, 2.45) is 0 Å². The molecule has 0 atom stereocenters. The quantitative estimate of drug-likeness (QED) is 0.531. The molecule has 1 amide bonds. The van der Waals surface area contributed by atoms with E-state index in [-0.39, 0.29) is 11.7 Å². The molecule has 2 heterocycles. The van der Waals surface area contributed by atoms with Crippen molar-refractivity contribution in [3.05, 3.63) is 70.9 Å². The molecule has 0 saturated carbocycles. The van der Waals surface area contributed by atoms with Crippen LogP contribution in [0.25, 0.3) is 22.0 Å². The van der Waals surface area contributed by atoms with Gasteiger partial charge in [0.15, 0.2) is 5.76 Å². The van der Waals surface area contributed by atoms with E-state index in [4.69, 9.17) is 20.8 Å². The van der Waals surface area contributed by atoms with Crippen LogP contribution in [0.3, 0.4) is 0 Å². The monoisotopic (exact) mass is 380 g/mol. The number of halogens is 1. The Kier molecular flexibility index (Phi) is 4.69. The summed E-state index contributed by atoms with van der Waals surface area (Å²) in [5.74, 6) is 0.670. The molecule has 4 aromatic rings. The molecule has 6 heteroatoms. The molecule has 0 aliphatic heterocycles. The molecule has 0 bridgehead atoms. The summed E-state index contributed by atoms with van der Waals surface area (Å²) < 4.78 is 11.2. The Hall–Kier alpha value is -3.05. The number of carbonyl (C=O) groups excluding carboxylic acids is 1. The number of carbonyl (C=O) groups is 1. The fourth-order valence-corrected chi connectivity index (χ4v) is 3.09. The predicted octanol–water partition coefficient (Wildman–Crippen LogP) is 4.96. The first-order valence-corrected chi connectivity index (χ1v) is 9.00. The van der Waals surface area contributed by atoms with E-state index >= 15 is 0 Å². The van der Waals surface area contributed by atoms with Gasteiger partial charge in [0.25, 0.3) is 5.91 Å². The zero-order chi connectivity index (χ0) is 18.8. The van der Waals surface area contributed by atoms with Crippen LogP contribution in [-0.4, -0.2) is 17.5 Å². The summed E-state index contributed by atoms with van der Waals surface area (Å²) >= 11 is 6.02. The number of nitrogens with one attached hydrogen (secondary N) is 1. The molecule has 0 saturated heterocycles. The van der Waals surface area contributed by atoms with Gasteiger partial charge in [-0.05, 0) is 37.3 Å². The molecule has 5 nitrogen and oxygen atoms in total. The van der Waals surface area contributed by atoms with Crippen molar-refractivity contribution in [1.29, 1.82) is 0 Å². The average molecular weight is 381 g/mol. The van der Waals surface area contributed by atoms with Gasteiger partial charge in [-0.1, -0.05) is 35.9 Å². The normalized spacial score (nSPS) is 11.0. The third-order valence-electron chi connectivity index (χ3n) is 4.20. The summed E-state index contributed by atoms with van der Waals surface area (Å²) in [6, 6.07) is 16.7. The summed E-state index contributed by atoms with van der Waals surface area (Å²) in [5.41, 5.74) is 2.04. The van der Waals surface area contributed by atoms with E-state index < -0.39 is 0 Å². The van der Waals surface area contributed by atoms with Crippen LogP contribution >= 0.6 is 11.6 Å². The molecule has 0 radical (unpaired) electrons. The Morgan fingerprint density at radius 1 is 1.15 bits per heavy atom. The topological polar surface area (TPSA) is 64.4 Å². The van der Waals surface area contributed by atoms with Crippen molar-refractivity contribution in [2.45, 2.75) is 13.5 Å². The number of furan rings is 1. The number of benzene rings is 2. The molecule has 4 rings (SSSR count). The minimum Gasteiger partial charge on any atom is -0.494 e. The third-order valence-corrected chi connectivity index (χ3v) is 4.44. The number of amides is 1.